The third-order valence-electron chi connectivity index (χ3n) is 7.71. The van der Waals surface area contributed by atoms with Gasteiger partial charge in [-0.3, -0.25) is 4.79 Å². The Kier molecular flexibility index (Phi) is 8.59. The van der Waals surface area contributed by atoms with Crippen LogP contribution in [0.2, 0.25) is 0 Å². The normalized spacial score (nSPS) is 21.3. The minimum atomic E-state index is -1.39. The molecule has 9 nitrogen and oxygen atoms in total. The third-order valence-corrected chi connectivity index (χ3v) is 9.49. The molecule has 0 radical (unpaired) electrons. The molecule has 206 valence electrons. The molecule has 2 aliphatic heterocycles. The molecule has 1 amide bonds. The van der Waals surface area contributed by atoms with E-state index in [1.165, 1.54) is 12.8 Å². The summed E-state index contributed by atoms with van der Waals surface area (Å²) >= 11 is 0.247. The van der Waals surface area contributed by atoms with E-state index in [0.29, 0.717) is 29.1 Å². The summed E-state index contributed by atoms with van der Waals surface area (Å²) in [5.74, 6) is 1.30. The van der Waals surface area contributed by atoms with Crippen LogP contribution >= 0.6 is 11.8 Å². The second-order valence-corrected chi connectivity index (χ2v) is 12.5. The maximum Gasteiger partial charge on any atom is 0.258 e. The molecule has 11 heteroatoms. The molecule has 5 rings (SSSR count). The second kappa shape index (κ2) is 11.9. The molecule has 1 spiro atoms. The highest BCUT2D eigenvalue weighted by Gasteiger charge is 2.44. The van der Waals surface area contributed by atoms with E-state index in [4.69, 9.17) is 14.8 Å². The lowest BCUT2D eigenvalue weighted by Crippen LogP contribution is -2.41. The number of aliphatic hydroxyl groups excluding tert-OH is 1. The molecule has 2 saturated heterocycles. The molecule has 2 atom stereocenters. The third kappa shape index (κ3) is 6.34. The van der Waals surface area contributed by atoms with Gasteiger partial charge in [0.2, 0.25) is 0 Å². The van der Waals surface area contributed by atoms with Crippen LogP contribution < -0.4 is 19.8 Å². The number of pyridine rings is 1. The molecule has 1 saturated carbocycles. The summed E-state index contributed by atoms with van der Waals surface area (Å²) in [5, 5.41) is 12.2. The molecule has 1 aliphatic carbocycles. The van der Waals surface area contributed by atoms with Crippen molar-refractivity contribution in [1.29, 1.82) is 0 Å². The van der Waals surface area contributed by atoms with Gasteiger partial charge in [-0.2, -0.15) is 0 Å². The first-order chi connectivity index (χ1) is 18.4. The summed E-state index contributed by atoms with van der Waals surface area (Å²) in [7, 11) is 0. The van der Waals surface area contributed by atoms with Gasteiger partial charge < -0.3 is 29.5 Å². The number of piperidine rings is 1. The van der Waals surface area contributed by atoms with Crippen LogP contribution in [0.3, 0.4) is 0 Å². The van der Waals surface area contributed by atoms with Gasteiger partial charge in [0.15, 0.2) is 5.75 Å². The number of aromatic nitrogens is 1. The Morgan fingerprint density at radius 3 is 2.68 bits per heavy atom. The Hall–Kier alpha value is -2.18. The highest BCUT2D eigenvalue weighted by atomic mass is 32.2. The van der Waals surface area contributed by atoms with Crippen LogP contribution in [0.5, 0.6) is 0 Å². The fraction of sp³-hybridized carbons (Fsp3) is 0.556. The van der Waals surface area contributed by atoms with E-state index in [1.54, 1.807) is 23.9 Å². The van der Waals surface area contributed by atoms with Gasteiger partial charge in [0.05, 0.1) is 47.6 Å². The predicted molar refractivity (Wildman–Crippen MR) is 155 cm³/mol. The SMILES string of the molecule is CSc1ccc(NC(=O)c2ccc(N[S+]([O-])CCO)cc2N2CCC3(CC2)CC3)nc1N1CCO[C@H](C)C1. The maximum absolute atomic E-state index is 13.6. The molecule has 38 heavy (non-hydrogen) atoms. The van der Waals surface area contributed by atoms with Crippen molar-refractivity contribution < 1.29 is 19.2 Å². The Bertz CT molecular complexity index is 1140. The Morgan fingerprint density at radius 1 is 1.21 bits per heavy atom. The first kappa shape index (κ1) is 27.4. The van der Waals surface area contributed by atoms with Gasteiger partial charge in [-0.25, -0.2) is 9.71 Å². The summed E-state index contributed by atoms with van der Waals surface area (Å²) < 4.78 is 20.9. The number of hydrogen-bond acceptors (Lipinski definition) is 9. The lowest BCUT2D eigenvalue weighted by molar-refractivity contribution is 0.0527. The lowest BCUT2D eigenvalue weighted by Gasteiger charge is -2.35. The quantitative estimate of drug-likeness (QED) is 0.312. The number of nitrogens with zero attached hydrogens (tertiary/aromatic N) is 3. The zero-order chi connectivity index (χ0) is 26.7. The fourth-order valence-corrected chi connectivity index (χ4v) is 6.52. The van der Waals surface area contributed by atoms with Gasteiger partial charge in [0, 0.05) is 31.1 Å². The van der Waals surface area contributed by atoms with E-state index < -0.39 is 11.4 Å². The number of hydrogen-bond donors (Lipinski definition) is 3. The van der Waals surface area contributed by atoms with Gasteiger partial charge in [-0.05, 0) is 74.6 Å². The van der Waals surface area contributed by atoms with Gasteiger partial charge in [-0.1, -0.05) is 0 Å². The van der Waals surface area contributed by atoms with E-state index in [1.807, 2.05) is 24.5 Å². The molecule has 2 aromatic rings. The number of thioether (sulfide) groups is 1. The second-order valence-electron chi connectivity index (χ2n) is 10.4. The summed E-state index contributed by atoms with van der Waals surface area (Å²) in [4.78, 5) is 24.0. The van der Waals surface area contributed by atoms with Crippen LogP contribution in [0.25, 0.3) is 0 Å². The number of aliphatic hydroxyl groups is 1. The number of benzene rings is 1. The minimum Gasteiger partial charge on any atom is -0.593 e. The zero-order valence-corrected chi connectivity index (χ0v) is 23.7. The van der Waals surface area contributed by atoms with Crippen molar-refractivity contribution >= 4 is 52.0 Å². The maximum atomic E-state index is 13.6. The number of ether oxygens (including phenoxy) is 1. The number of amides is 1. The molecule has 3 aliphatic rings. The van der Waals surface area contributed by atoms with Crippen molar-refractivity contribution in [3.63, 3.8) is 0 Å². The molecular formula is C27H37N5O4S2. The van der Waals surface area contributed by atoms with Gasteiger partial charge in [0.25, 0.3) is 5.91 Å². The monoisotopic (exact) mass is 559 g/mol. The highest BCUT2D eigenvalue weighted by molar-refractivity contribution is 7.98. The first-order valence-electron chi connectivity index (χ1n) is 13.3. The molecule has 1 aromatic heterocycles. The highest BCUT2D eigenvalue weighted by Crippen LogP contribution is 2.54. The Labute approximate surface area is 232 Å². The van der Waals surface area contributed by atoms with E-state index in [9.17, 15) is 9.35 Å². The fourth-order valence-electron chi connectivity index (χ4n) is 5.30. The molecule has 1 unspecified atom stereocenters. The summed E-state index contributed by atoms with van der Waals surface area (Å²) in [6.45, 7) is 5.85. The van der Waals surface area contributed by atoms with E-state index in [2.05, 4.69) is 26.8 Å². The van der Waals surface area contributed by atoms with Crippen LogP contribution in [0.15, 0.2) is 35.2 Å². The van der Waals surface area contributed by atoms with Gasteiger partial charge >= 0.3 is 0 Å². The van der Waals surface area contributed by atoms with Gasteiger partial charge in [0.1, 0.15) is 11.6 Å². The van der Waals surface area contributed by atoms with Crippen LogP contribution in [-0.2, 0) is 16.1 Å². The largest absolute Gasteiger partial charge is 0.593 e. The number of anilines is 4. The molecular weight excluding hydrogens is 522 g/mol. The standard InChI is InChI=1S/C27H37N5O4S2/c1-19-18-32(13-15-36-19)25-23(37-2)5-6-24(28-25)29-26(34)21-4-3-20(30-38(35)16-14-33)17-22(21)31-11-9-27(7-8-27)10-12-31/h3-6,17,19,30,33H,7-16,18H2,1-2H3,(H,28,29,34)/t19-,38?/m1/s1. The lowest BCUT2D eigenvalue weighted by atomic mass is 9.93. The number of carbonyl (C=O) groups is 1. The minimum absolute atomic E-state index is 0.124. The van der Waals surface area contributed by atoms with Crippen LogP contribution in [0.4, 0.5) is 23.0 Å². The summed E-state index contributed by atoms with van der Waals surface area (Å²) in [5.41, 5.74) is 2.56. The van der Waals surface area contributed by atoms with Gasteiger partial charge in [-0.15, -0.1) is 11.8 Å². The van der Waals surface area contributed by atoms with E-state index in [-0.39, 0.29) is 24.4 Å². The summed E-state index contributed by atoms with van der Waals surface area (Å²) in [6.07, 6.45) is 7.01. The smallest absolute Gasteiger partial charge is 0.258 e. The number of morpholine rings is 1. The van der Waals surface area contributed by atoms with Crippen LogP contribution in [0, 0.1) is 5.41 Å². The van der Waals surface area contributed by atoms with Crippen molar-refractivity contribution in [2.45, 2.75) is 43.6 Å². The molecule has 3 fully saturated rings. The molecule has 0 bridgehead atoms. The molecule has 3 heterocycles. The van der Waals surface area contributed by atoms with Crippen molar-refractivity contribution in [3.8, 4) is 0 Å². The number of carbonyl (C=O) groups excluding carboxylic acids is 1. The Morgan fingerprint density at radius 2 is 2.00 bits per heavy atom. The van der Waals surface area contributed by atoms with E-state index >= 15 is 0 Å². The Balaban J connectivity index is 1.38. The predicted octanol–water partition coefficient (Wildman–Crippen LogP) is 3.73. The summed E-state index contributed by atoms with van der Waals surface area (Å²) in [6, 6.07) is 9.31. The number of nitrogens with one attached hydrogen (secondary N) is 2. The topological polar surface area (TPSA) is 113 Å². The number of rotatable bonds is 9. The first-order valence-corrected chi connectivity index (χ1v) is 15.8. The molecule has 1 aromatic carbocycles. The zero-order valence-electron chi connectivity index (χ0n) is 22.1. The van der Waals surface area contributed by atoms with Crippen molar-refractivity contribution in [2.75, 3.05) is 71.2 Å². The van der Waals surface area contributed by atoms with Crippen LogP contribution in [0.1, 0.15) is 43.0 Å². The van der Waals surface area contributed by atoms with E-state index in [0.717, 1.165) is 55.4 Å². The average molecular weight is 560 g/mol. The van der Waals surface area contributed by atoms with Crippen LogP contribution in [-0.4, -0.2) is 78.1 Å². The van der Waals surface area contributed by atoms with Crippen molar-refractivity contribution in [1.82, 2.24) is 4.98 Å². The van der Waals surface area contributed by atoms with Crippen molar-refractivity contribution in [3.05, 3.63) is 35.9 Å². The van der Waals surface area contributed by atoms with Crippen molar-refractivity contribution in [2.24, 2.45) is 5.41 Å². The average Bonchev–Trinajstić information content (AvgIpc) is 3.67. The molecule has 3 N–H and O–H groups in total.